The standard InChI is InChI=1S/C21H16ClF2N5O/c1-21(30,19(23)24)9-8-13-4-3-5-15(10-13)28(2)18-16-7-6-14(22)11-17(16)29-12-25-27-20(29)26-18/h3-7,10-12,19,30H,1-2H3. The highest BCUT2D eigenvalue weighted by Crippen LogP contribution is 2.31. The van der Waals surface area contributed by atoms with Crippen molar-refractivity contribution in [3.8, 4) is 11.8 Å². The van der Waals surface area contributed by atoms with Gasteiger partial charge in [-0.3, -0.25) is 4.40 Å². The Morgan fingerprint density at radius 1 is 1.23 bits per heavy atom. The fourth-order valence-corrected chi connectivity index (χ4v) is 3.11. The van der Waals surface area contributed by atoms with Crippen LogP contribution in [0.3, 0.4) is 0 Å². The predicted octanol–water partition coefficient (Wildman–Crippen LogP) is 4.07. The third kappa shape index (κ3) is 3.65. The van der Waals surface area contributed by atoms with Gasteiger partial charge in [-0.15, -0.1) is 10.2 Å². The molecule has 0 saturated carbocycles. The first-order valence-corrected chi connectivity index (χ1v) is 9.30. The topological polar surface area (TPSA) is 66.5 Å². The molecule has 152 valence electrons. The molecule has 0 aliphatic heterocycles. The molecule has 1 N–H and O–H groups in total. The number of anilines is 2. The Morgan fingerprint density at radius 3 is 2.80 bits per heavy atom. The van der Waals surface area contributed by atoms with E-state index in [-0.39, 0.29) is 0 Å². The van der Waals surface area contributed by atoms with Crippen molar-refractivity contribution in [2.45, 2.75) is 19.0 Å². The molecule has 0 aliphatic carbocycles. The van der Waals surface area contributed by atoms with Crippen LogP contribution in [0.2, 0.25) is 5.02 Å². The lowest BCUT2D eigenvalue weighted by atomic mass is 10.1. The molecule has 1 atom stereocenters. The lowest BCUT2D eigenvalue weighted by Gasteiger charge is -2.21. The maximum atomic E-state index is 12.8. The molecule has 4 rings (SSSR count). The third-order valence-corrected chi connectivity index (χ3v) is 4.87. The molecule has 0 aliphatic rings. The second kappa shape index (κ2) is 7.52. The normalized spacial score (nSPS) is 13.3. The SMILES string of the molecule is CN(c1cccc(C#CC(C)(O)C(F)F)c1)c1nc2nncn2c2cc(Cl)ccc12. The molecule has 1 unspecified atom stereocenters. The molecule has 9 heteroatoms. The van der Waals surface area contributed by atoms with Gasteiger partial charge in [-0.25, -0.2) is 8.78 Å². The summed E-state index contributed by atoms with van der Waals surface area (Å²) in [6.45, 7) is 0.982. The third-order valence-electron chi connectivity index (χ3n) is 4.63. The van der Waals surface area contributed by atoms with Crippen molar-refractivity contribution < 1.29 is 13.9 Å². The van der Waals surface area contributed by atoms with Crippen LogP contribution >= 0.6 is 11.6 Å². The summed E-state index contributed by atoms with van der Waals surface area (Å²) in [5, 5.41) is 19.0. The van der Waals surface area contributed by atoms with Crippen LogP contribution in [0.4, 0.5) is 20.3 Å². The maximum Gasteiger partial charge on any atom is 0.277 e. The van der Waals surface area contributed by atoms with Gasteiger partial charge in [0.1, 0.15) is 12.1 Å². The van der Waals surface area contributed by atoms with Crippen molar-refractivity contribution in [1.29, 1.82) is 0 Å². The summed E-state index contributed by atoms with van der Waals surface area (Å²) in [6.07, 6.45) is -1.40. The van der Waals surface area contributed by atoms with Crippen LogP contribution in [0.1, 0.15) is 12.5 Å². The molecular formula is C21H16ClF2N5O. The molecule has 0 amide bonds. The summed E-state index contributed by atoms with van der Waals surface area (Å²) in [5.41, 5.74) is -0.372. The first-order chi connectivity index (χ1) is 14.3. The van der Waals surface area contributed by atoms with E-state index < -0.39 is 12.0 Å². The highest BCUT2D eigenvalue weighted by Gasteiger charge is 2.29. The molecule has 4 aromatic rings. The zero-order valence-corrected chi connectivity index (χ0v) is 16.8. The molecule has 0 bridgehead atoms. The fourth-order valence-electron chi connectivity index (χ4n) is 2.95. The van der Waals surface area contributed by atoms with E-state index in [4.69, 9.17) is 11.6 Å². The Balaban J connectivity index is 1.79. The smallest absolute Gasteiger partial charge is 0.277 e. The van der Waals surface area contributed by atoms with Gasteiger partial charge in [0, 0.05) is 28.7 Å². The van der Waals surface area contributed by atoms with Crippen molar-refractivity contribution in [3.05, 3.63) is 59.4 Å². The number of benzene rings is 2. The zero-order valence-electron chi connectivity index (χ0n) is 16.0. The summed E-state index contributed by atoms with van der Waals surface area (Å²) in [5.74, 6) is 5.86. The van der Waals surface area contributed by atoms with Crippen molar-refractivity contribution in [3.63, 3.8) is 0 Å². The van der Waals surface area contributed by atoms with Gasteiger partial charge in [0.2, 0.25) is 0 Å². The van der Waals surface area contributed by atoms with E-state index in [1.165, 1.54) is 0 Å². The molecule has 2 heterocycles. The number of nitrogens with zero attached hydrogens (tertiary/aromatic N) is 5. The van der Waals surface area contributed by atoms with Crippen LogP contribution < -0.4 is 4.90 Å². The maximum absolute atomic E-state index is 12.8. The predicted molar refractivity (Wildman–Crippen MR) is 111 cm³/mol. The molecule has 0 fully saturated rings. The van der Waals surface area contributed by atoms with E-state index in [0.29, 0.717) is 22.2 Å². The van der Waals surface area contributed by atoms with Crippen molar-refractivity contribution in [1.82, 2.24) is 19.6 Å². The molecular weight excluding hydrogens is 412 g/mol. The summed E-state index contributed by atoms with van der Waals surface area (Å²) < 4.78 is 27.4. The second-order valence-electron chi connectivity index (χ2n) is 6.91. The summed E-state index contributed by atoms with van der Waals surface area (Å²) >= 11 is 6.17. The van der Waals surface area contributed by atoms with Gasteiger partial charge in [0.15, 0.2) is 5.60 Å². The number of rotatable bonds is 3. The van der Waals surface area contributed by atoms with E-state index in [1.54, 1.807) is 41.1 Å². The summed E-state index contributed by atoms with van der Waals surface area (Å²) in [6, 6.07) is 12.4. The molecule has 6 nitrogen and oxygen atoms in total. The number of fused-ring (bicyclic) bond motifs is 3. The van der Waals surface area contributed by atoms with Gasteiger partial charge >= 0.3 is 0 Å². The van der Waals surface area contributed by atoms with E-state index in [0.717, 1.165) is 23.5 Å². The monoisotopic (exact) mass is 427 g/mol. The average Bonchev–Trinajstić information content (AvgIpc) is 3.20. The van der Waals surface area contributed by atoms with E-state index in [2.05, 4.69) is 27.0 Å². The lowest BCUT2D eigenvalue weighted by molar-refractivity contribution is -0.0418. The van der Waals surface area contributed by atoms with Crippen LogP contribution in [0.15, 0.2) is 48.8 Å². The number of hydrogen-bond acceptors (Lipinski definition) is 5. The summed E-state index contributed by atoms with van der Waals surface area (Å²) in [4.78, 5) is 6.44. The van der Waals surface area contributed by atoms with Crippen molar-refractivity contribution in [2.24, 2.45) is 0 Å². The molecule has 0 saturated heterocycles. The molecule has 0 radical (unpaired) electrons. The highest BCUT2D eigenvalue weighted by atomic mass is 35.5. The Hall–Kier alpha value is -3.28. The van der Waals surface area contributed by atoms with Crippen LogP contribution in [0.5, 0.6) is 0 Å². The fraction of sp³-hybridized carbons (Fsp3) is 0.190. The minimum Gasteiger partial charge on any atom is -0.372 e. The number of aromatic nitrogens is 4. The minimum atomic E-state index is -2.96. The van der Waals surface area contributed by atoms with Crippen LogP contribution in [0.25, 0.3) is 16.7 Å². The number of halogens is 3. The minimum absolute atomic E-state index is 0.413. The average molecular weight is 428 g/mol. The summed E-state index contributed by atoms with van der Waals surface area (Å²) in [7, 11) is 1.82. The van der Waals surface area contributed by atoms with Gasteiger partial charge in [0.25, 0.3) is 12.2 Å². The number of hydrogen-bond donors (Lipinski definition) is 1. The first kappa shape index (κ1) is 20.0. The largest absolute Gasteiger partial charge is 0.372 e. The van der Waals surface area contributed by atoms with Crippen LogP contribution in [-0.4, -0.2) is 43.8 Å². The number of aliphatic hydroxyl groups is 1. The first-order valence-electron chi connectivity index (χ1n) is 8.93. The second-order valence-corrected chi connectivity index (χ2v) is 7.34. The Bertz CT molecular complexity index is 1310. The quantitative estimate of drug-likeness (QED) is 0.499. The molecule has 2 aromatic heterocycles. The highest BCUT2D eigenvalue weighted by molar-refractivity contribution is 6.31. The van der Waals surface area contributed by atoms with Gasteiger partial charge < -0.3 is 10.0 Å². The lowest BCUT2D eigenvalue weighted by Crippen LogP contribution is -2.31. The van der Waals surface area contributed by atoms with Crippen LogP contribution in [-0.2, 0) is 0 Å². The van der Waals surface area contributed by atoms with Gasteiger partial charge in [-0.2, -0.15) is 4.98 Å². The van der Waals surface area contributed by atoms with E-state index >= 15 is 0 Å². The van der Waals surface area contributed by atoms with Crippen molar-refractivity contribution in [2.75, 3.05) is 11.9 Å². The molecule has 30 heavy (non-hydrogen) atoms. The van der Waals surface area contributed by atoms with Gasteiger partial charge in [0.05, 0.1) is 5.52 Å². The molecule has 2 aromatic carbocycles. The van der Waals surface area contributed by atoms with E-state index in [9.17, 15) is 13.9 Å². The number of alkyl halides is 2. The molecule has 0 spiro atoms. The van der Waals surface area contributed by atoms with Gasteiger partial charge in [-0.1, -0.05) is 29.5 Å². The van der Waals surface area contributed by atoms with Crippen LogP contribution in [0, 0.1) is 11.8 Å². The Morgan fingerprint density at radius 2 is 2.03 bits per heavy atom. The van der Waals surface area contributed by atoms with E-state index in [1.807, 2.05) is 24.1 Å². The zero-order chi connectivity index (χ0) is 21.5. The Labute approximate surface area is 175 Å². The van der Waals surface area contributed by atoms with Gasteiger partial charge in [-0.05, 0) is 43.3 Å². The van der Waals surface area contributed by atoms with Crippen molar-refractivity contribution >= 4 is 39.8 Å². The Kier molecular flexibility index (Phi) is 5.02.